The topological polar surface area (TPSA) is 55.1 Å². The molecule has 0 saturated heterocycles. The van der Waals surface area contributed by atoms with Crippen LogP contribution in [0.25, 0.3) is 5.65 Å². The molecule has 0 aromatic carbocycles. The molecule has 18 heavy (non-hydrogen) atoms. The van der Waals surface area contributed by atoms with Crippen LogP contribution in [0, 0.1) is 6.92 Å². The van der Waals surface area contributed by atoms with Gasteiger partial charge in [0.05, 0.1) is 0 Å². The van der Waals surface area contributed by atoms with Crippen LogP contribution in [-0.4, -0.2) is 37.1 Å². The van der Waals surface area contributed by atoms with Gasteiger partial charge in [-0.3, -0.25) is 4.40 Å². The second kappa shape index (κ2) is 4.76. The van der Waals surface area contributed by atoms with Gasteiger partial charge < -0.3 is 5.32 Å². The van der Waals surface area contributed by atoms with Crippen molar-refractivity contribution in [1.82, 2.24) is 19.6 Å². The van der Waals surface area contributed by atoms with Crippen LogP contribution in [-0.2, 0) is 0 Å². The number of thioether (sulfide) groups is 1. The molecule has 0 aliphatic heterocycles. The lowest BCUT2D eigenvalue weighted by molar-refractivity contribution is 0.763. The van der Waals surface area contributed by atoms with Gasteiger partial charge in [0.1, 0.15) is 5.82 Å². The maximum absolute atomic E-state index is 4.41. The number of hydrogen-bond donors (Lipinski definition) is 1. The predicted octanol–water partition coefficient (Wildman–Crippen LogP) is 2.13. The molecule has 1 N–H and O–H groups in total. The minimum atomic E-state index is 0.496. The van der Waals surface area contributed by atoms with Crippen LogP contribution in [0.4, 0.5) is 5.82 Å². The van der Waals surface area contributed by atoms with Crippen LogP contribution in [0.2, 0.25) is 0 Å². The molecule has 2 heterocycles. The second-order valence-electron chi connectivity index (χ2n) is 4.67. The van der Waals surface area contributed by atoms with Gasteiger partial charge in [0.15, 0.2) is 5.82 Å². The van der Waals surface area contributed by atoms with Crippen LogP contribution in [0.3, 0.4) is 0 Å². The molecule has 6 heteroatoms. The Labute approximate surface area is 110 Å². The van der Waals surface area contributed by atoms with Crippen LogP contribution in [0.1, 0.15) is 25.1 Å². The molecule has 96 valence electrons. The van der Waals surface area contributed by atoms with Crippen molar-refractivity contribution in [2.45, 2.75) is 37.5 Å². The molecule has 2 atom stereocenters. The van der Waals surface area contributed by atoms with Gasteiger partial charge in [-0.05, 0) is 26.0 Å². The molecule has 0 spiro atoms. The highest BCUT2D eigenvalue weighted by atomic mass is 32.2. The van der Waals surface area contributed by atoms with Crippen molar-refractivity contribution in [3.8, 4) is 0 Å². The van der Waals surface area contributed by atoms with E-state index in [9.17, 15) is 0 Å². The first kappa shape index (κ1) is 11.8. The van der Waals surface area contributed by atoms with E-state index in [1.54, 1.807) is 6.20 Å². The first-order valence-electron chi connectivity index (χ1n) is 6.25. The summed E-state index contributed by atoms with van der Waals surface area (Å²) in [6, 6.07) is 0.496. The van der Waals surface area contributed by atoms with E-state index >= 15 is 0 Å². The van der Waals surface area contributed by atoms with Gasteiger partial charge in [-0.25, -0.2) is 4.98 Å². The average Bonchev–Trinajstić information content (AvgIpc) is 2.98. The number of anilines is 1. The molecule has 1 aliphatic rings. The number of nitrogens with one attached hydrogen (secondary N) is 1. The highest BCUT2D eigenvalue weighted by Gasteiger charge is 2.27. The first-order valence-corrected chi connectivity index (χ1v) is 7.54. The Kier molecular flexibility index (Phi) is 3.11. The molecular weight excluding hydrogens is 246 g/mol. The zero-order valence-corrected chi connectivity index (χ0v) is 11.4. The fraction of sp³-hybridized carbons (Fsp3) is 0.583. The van der Waals surface area contributed by atoms with E-state index in [4.69, 9.17) is 0 Å². The van der Waals surface area contributed by atoms with E-state index < -0.39 is 0 Å². The SMILES string of the molecule is CSC1CCCC1Nc1nccn2c(C)nnc12. The van der Waals surface area contributed by atoms with Crippen LogP contribution >= 0.6 is 11.8 Å². The van der Waals surface area contributed by atoms with Gasteiger partial charge in [-0.1, -0.05) is 6.42 Å². The van der Waals surface area contributed by atoms with Gasteiger partial charge >= 0.3 is 0 Å². The molecule has 1 saturated carbocycles. The Morgan fingerprint density at radius 3 is 3.11 bits per heavy atom. The van der Waals surface area contributed by atoms with Crippen LogP contribution in [0.5, 0.6) is 0 Å². The Hall–Kier alpha value is -1.30. The normalized spacial score (nSPS) is 23.7. The van der Waals surface area contributed by atoms with E-state index in [2.05, 4.69) is 26.8 Å². The standard InChI is InChI=1S/C12H17N5S/c1-8-15-16-12-11(13-6-7-17(8)12)14-9-4-3-5-10(9)18-2/h6-7,9-10H,3-5H2,1-2H3,(H,13,14). The summed E-state index contributed by atoms with van der Waals surface area (Å²) in [6.45, 7) is 1.95. The zero-order chi connectivity index (χ0) is 12.5. The molecule has 1 fully saturated rings. The van der Waals surface area contributed by atoms with Crippen LogP contribution < -0.4 is 5.32 Å². The lowest BCUT2D eigenvalue weighted by Crippen LogP contribution is -2.26. The highest BCUT2D eigenvalue weighted by molar-refractivity contribution is 7.99. The molecule has 5 nitrogen and oxygen atoms in total. The zero-order valence-electron chi connectivity index (χ0n) is 10.6. The van der Waals surface area contributed by atoms with E-state index in [1.165, 1.54) is 19.3 Å². The van der Waals surface area contributed by atoms with Gasteiger partial charge in [-0.2, -0.15) is 11.8 Å². The molecule has 3 rings (SSSR count). The van der Waals surface area contributed by atoms with Gasteiger partial charge in [0.2, 0.25) is 5.65 Å². The second-order valence-corrected chi connectivity index (χ2v) is 5.75. The minimum absolute atomic E-state index is 0.496. The van der Waals surface area contributed by atoms with Gasteiger partial charge in [0.25, 0.3) is 0 Å². The molecule has 2 aromatic rings. The quantitative estimate of drug-likeness (QED) is 0.919. The largest absolute Gasteiger partial charge is 0.363 e. The Bertz CT molecular complexity index is 552. The van der Waals surface area contributed by atoms with Crippen molar-refractivity contribution in [2.75, 3.05) is 11.6 Å². The third-order valence-corrected chi connectivity index (χ3v) is 4.74. The number of nitrogens with zero attached hydrogens (tertiary/aromatic N) is 4. The summed E-state index contributed by atoms with van der Waals surface area (Å²) >= 11 is 1.94. The van der Waals surface area contributed by atoms with Crippen molar-refractivity contribution >= 4 is 23.2 Å². The highest BCUT2D eigenvalue weighted by Crippen LogP contribution is 2.30. The number of rotatable bonds is 3. The van der Waals surface area contributed by atoms with Gasteiger partial charge in [-0.15, -0.1) is 10.2 Å². The predicted molar refractivity (Wildman–Crippen MR) is 74.1 cm³/mol. The fourth-order valence-electron chi connectivity index (χ4n) is 2.59. The number of aryl methyl sites for hydroxylation is 1. The first-order chi connectivity index (χ1) is 8.79. The minimum Gasteiger partial charge on any atom is -0.363 e. The molecule has 2 unspecified atom stereocenters. The Morgan fingerprint density at radius 2 is 2.28 bits per heavy atom. The summed E-state index contributed by atoms with van der Waals surface area (Å²) < 4.78 is 1.97. The average molecular weight is 263 g/mol. The number of hydrogen-bond acceptors (Lipinski definition) is 5. The number of aromatic nitrogens is 4. The van der Waals surface area contributed by atoms with Crippen molar-refractivity contribution in [1.29, 1.82) is 0 Å². The van der Waals surface area contributed by atoms with Crippen molar-refractivity contribution in [2.24, 2.45) is 0 Å². The van der Waals surface area contributed by atoms with Crippen molar-refractivity contribution in [3.05, 3.63) is 18.2 Å². The molecule has 1 aliphatic carbocycles. The smallest absolute Gasteiger partial charge is 0.203 e. The summed E-state index contributed by atoms with van der Waals surface area (Å²) in [6.07, 6.45) is 9.66. The van der Waals surface area contributed by atoms with Crippen LogP contribution in [0.15, 0.2) is 12.4 Å². The lowest BCUT2D eigenvalue weighted by Gasteiger charge is -2.19. The van der Waals surface area contributed by atoms with E-state index in [0.717, 1.165) is 17.3 Å². The third kappa shape index (κ3) is 1.94. The molecular formula is C12H17N5S. The Morgan fingerprint density at radius 1 is 1.39 bits per heavy atom. The lowest BCUT2D eigenvalue weighted by atomic mass is 10.2. The monoisotopic (exact) mass is 263 g/mol. The van der Waals surface area contributed by atoms with E-state index in [-0.39, 0.29) is 0 Å². The molecule has 2 aromatic heterocycles. The molecule has 0 amide bonds. The molecule has 0 bridgehead atoms. The van der Waals surface area contributed by atoms with E-state index in [0.29, 0.717) is 11.3 Å². The molecule has 0 radical (unpaired) electrons. The maximum atomic E-state index is 4.41. The van der Waals surface area contributed by atoms with Crippen molar-refractivity contribution < 1.29 is 0 Å². The van der Waals surface area contributed by atoms with Gasteiger partial charge in [0, 0.05) is 23.7 Å². The summed E-state index contributed by atoms with van der Waals surface area (Å²) in [5.74, 6) is 1.74. The summed E-state index contributed by atoms with van der Waals surface area (Å²) in [7, 11) is 0. The third-order valence-electron chi connectivity index (χ3n) is 3.57. The fourth-order valence-corrected chi connectivity index (χ4v) is 3.53. The number of fused-ring (bicyclic) bond motifs is 1. The summed E-state index contributed by atoms with van der Waals surface area (Å²) in [4.78, 5) is 4.41. The summed E-state index contributed by atoms with van der Waals surface area (Å²) in [5, 5.41) is 12.5. The maximum Gasteiger partial charge on any atom is 0.203 e. The van der Waals surface area contributed by atoms with E-state index in [1.807, 2.05) is 29.3 Å². The van der Waals surface area contributed by atoms with Crippen molar-refractivity contribution in [3.63, 3.8) is 0 Å². The Balaban J connectivity index is 1.90. The summed E-state index contributed by atoms with van der Waals surface area (Å²) in [5.41, 5.74) is 0.821.